The molecule has 1 saturated heterocycles. The summed E-state index contributed by atoms with van der Waals surface area (Å²) >= 11 is 2.18. The quantitative estimate of drug-likeness (QED) is 0.630. The van der Waals surface area contributed by atoms with Crippen molar-refractivity contribution in [1.82, 2.24) is 5.32 Å². The fourth-order valence-electron chi connectivity index (χ4n) is 1.56. The summed E-state index contributed by atoms with van der Waals surface area (Å²) in [6.45, 7) is 0. The molecule has 1 aliphatic rings. The molecule has 2 amide bonds. The van der Waals surface area contributed by atoms with Gasteiger partial charge in [0.15, 0.2) is 0 Å². The molecule has 1 N–H and O–H groups in total. The highest BCUT2D eigenvalue weighted by molar-refractivity contribution is 14.1. The number of rotatable bonds is 1. The van der Waals surface area contributed by atoms with Crippen molar-refractivity contribution in [2.24, 2.45) is 0 Å². The van der Waals surface area contributed by atoms with Gasteiger partial charge in [-0.3, -0.25) is 14.9 Å². The zero-order chi connectivity index (χ0) is 10.1. The molecule has 2 rings (SSSR count). The summed E-state index contributed by atoms with van der Waals surface area (Å²) in [4.78, 5) is 22.4. The summed E-state index contributed by atoms with van der Waals surface area (Å²) < 4.78 is 1.03. The minimum Gasteiger partial charge on any atom is -0.296 e. The first kappa shape index (κ1) is 9.64. The summed E-state index contributed by atoms with van der Waals surface area (Å²) in [6.07, 6.45) is 0.277. The molecule has 0 saturated carbocycles. The molecular formula is C10H8INO2. The number of nitrogens with one attached hydrogen (secondary N) is 1. The van der Waals surface area contributed by atoms with Crippen LogP contribution in [-0.4, -0.2) is 11.8 Å². The summed E-state index contributed by atoms with van der Waals surface area (Å²) in [5.41, 5.74) is 0.941. The molecule has 0 aromatic heterocycles. The molecule has 3 nitrogen and oxygen atoms in total. The number of imide groups is 1. The van der Waals surface area contributed by atoms with E-state index in [0.717, 1.165) is 9.13 Å². The Morgan fingerprint density at radius 3 is 2.57 bits per heavy atom. The summed E-state index contributed by atoms with van der Waals surface area (Å²) in [6, 6.07) is 7.63. The predicted octanol–water partition coefficient (Wildman–Crippen LogP) is 1.42. The van der Waals surface area contributed by atoms with Crippen LogP contribution in [0.2, 0.25) is 0 Å². The number of amides is 2. The molecule has 1 aliphatic heterocycles. The topological polar surface area (TPSA) is 46.2 Å². The molecule has 1 fully saturated rings. The van der Waals surface area contributed by atoms with Crippen LogP contribution in [0.5, 0.6) is 0 Å². The molecular weight excluding hydrogens is 293 g/mol. The van der Waals surface area contributed by atoms with Gasteiger partial charge < -0.3 is 0 Å². The Kier molecular flexibility index (Phi) is 2.54. The van der Waals surface area contributed by atoms with Gasteiger partial charge in [-0.15, -0.1) is 0 Å². The highest BCUT2D eigenvalue weighted by Crippen LogP contribution is 2.27. The van der Waals surface area contributed by atoms with Gasteiger partial charge in [0.2, 0.25) is 11.8 Å². The molecule has 1 unspecified atom stereocenters. The van der Waals surface area contributed by atoms with Crippen LogP contribution in [0.25, 0.3) is 0 Å². The van der Waals surface area contributed by atoms with E-state index >= 15 is 0 Å². The van der Waals surface area contributed by atoms with Crippen LogP contribution in [-0.2, 0) is 9.59 Å². The van der Waals surface area contributed by atoms with Crippen molar-refractivity contribution >= 4 is 34.4 Å². The lowest BCUT2D eigenvalue weighted by Crippen LogP contribution is -2.21. The first-order valence-electron chi connectivity index (χ1n) is 4.26. The van der Waals surface area contributed by atoms with E-state index in [-0.39, 0.29) is 24.2 Å². The van der Waals surface area contributed by atoms with Gasteiger partial charge >= 0.3 is 0 Å². The largest absolute Gasteiger partial charge is 0.296 e. The lowest BCUT2D eigenvalue weighted by atomic mass is 9.98. The zero-order valence-corrected chi connectivity index (χ0v) is 9.45. The van der Waals surface area contributed by atoms with E-state index in [2.05, 4.69) is 27.9 Å². The molecule has 0 radical (unpaired) electrons. The van der Waals surface area contributed by atoms with Gasteiger partial charge in [0.05, 0.1) is 5.92 Å². The van der Waals surface area contributed by atoms with Crippen molar-refractivity contribution in [2.75, 3.05) is 0 Å². The van der Waals surface area contributed by atoms with Crippen molar-refractivity contribution < 1.29 is 9.59 Å². The fourth-order valence-corrected chi connectivity index (χ4v) is 2.33. The second kappa shape index (κ2) is 3.68. The highest BCUT2D eigenvalue weighted by Gasteiger charge is 2.32. The molecule has 1 aromatic carbocycles. The average molecular weight is 301 g/mol. The molecule has 72 valence electrons. The van der Waals surface area contributed by atoms with Crippen LogP contribution >= 0.6 is 22.6 Å². The number of hydrogen-bond acceptors (Lipinski definition) is 2. The van der Waals surface area contributed by atoms with Crippen molar-refractivity contribution in [2.45, 2.75) is 12.3 Å². The molecule has 4 heteroatoms. The van der Waals surface area contributed by atoms with E-state index < -0.39 is 0 Å². The van der Waals surface area contributed by atoms with E-state index in [0.29, 0.717) is 0 Å². The number of benzene rings is 1. The minimum atomic E-state index is -0.296. The first-order chi connectivity index (χ1) is 6.68. The van der Waals surface area contributed by atoms with Crippen LogP contribution < -0.4 is 5.32 Å². The number of carbonyl (C=O) groups is 2. The Morgan fingerprint density at radius 1 is 1.29 bits per heavy atom. The summed E-state index contributed by atoms with van der Waals surface area (Å²) in [5, 5.41) is 2.31. The van der Waals surface area contributed by atoms with Gasteiger partial charge in [0.25, 0.3) is 0 Å². The smallest absolute Gasteiger partial charge is 0.234 e. The van der Waals surface area contributed by atoms with Crippen molar-refractivity contribution in [1.29, 1.82) is 0 Å². The van der Waals surface area contributed by atoms with Gasteiger partial charge in [-0.1, -0.05) is 18.2 Å². The molecule has 0 aliphatic carbocycles. The maximum Gasteiger partial charge on any atom is 0.234 e. The molecule has 1 aromatic rings. The number of halogens is 1. The van der Waals surface area contributed by atoms with Gasteiger partial charge in [0.1, 0.15) is 0 Å². The Balaban J connectivity index is 2.36. The van der Waals surface area contributed by atoms with E-state index in [1.807, 2.05) is 24.3 Å². The van der Waals surface area contributed by atoms with Crippen LogP contribution in [0.15, 0.2) is 24.3 Å². The number of hydrogen-bond donors (Lipinski definition) is 1. The Bertz CT molecular complexity index is 403. The lowest BCUT2D eigenvalue weighted by molar-refractivity contribution is -0.125. The third-order valence-electron chi connectivity index (χ3n) is 2.25. The molecule has 14 heavy (non-hydrogen) atoms. The maximum atomic E-state index is 11.4. The summed E-state index contributed by atoms with van der Waals surface area (Å²) in [5.74, 6) is -0.658. The van der Waals surface area contributed by atoms with E-state index in [4.69, 9.17) is 0 Å². The van der Waals surface area contributed by atoms with E-state index in [9.17, 15) is 9.59 Å². The van der Waals surface area contributed by atoms with Crippen molar-refractivity contribution in [3.8, 4) is 0 Å². The van der Waals surface area contributed by atoms with Gasteiger partial charge in [0, 0.05) is 9.99 Å². The molecule has 1 heterocycles. The monoisotopic (exact) mass is 301 g/mol. The molecule has 1 atom stereocenters. The normalized spacial score (nSPS) is 21.1. The van der Waals surface area contributed by atoms with Crippen LogP contribution in [0.4, 0.5) is 0 Å². The van der Waals surface area contributed by atoms with Crippen LogP contribution in [0, 0.1) is 3.57 Å². The Labute approximate surface area is 95.0 Å². The number of carbonyl (C=O) groups excluding carboxylic acids is 2. The SMILES string of the molecule is O=C1CC(c2ccccc2I)C(=O)N1. The molecule has 0 bridgehead atoms. The van der Waals surface area contributed by atoms with Crippen molar-refractivity contribution in [3.63, 3.8) is 0 Å². The second-order valence-corrected chi connectivity index (χ2v) is 4.35. The fraction of sp³-hybridized carbons (Fsp3) is 0.200. The first-order valence-corrected chi connectivity index (χ1v) is 5.34. The third-order valence-corrected chi connectivity index (χ3v) is 3.23. The standard InChI is InChI=1S/C10H8INO2/c11-8-4-2-1-3-6(8)7-5-9(13)12-10(7)14/h1-4,7H,5H2,(H,12,13,14). The van der Waals surface area contributed by atoms with Crippen molar-refractivity contribution in [3.05, 3.63) is 33.4 Å². The molecule has 0 spiro atoms. The average Bonchev–Trinajstić information content (AvgIpc) is 2.46. The lowest BCUT2D eigenvalue weighted by Gasteiger charge is -2.07. The zero-order valence-electron chi connectivity index (χ0n) is 7.29. The van der Waals surface area contributed by atoms with Gasteiger partial charge in [-0.2, -0.15) is 0 Å². The van der Waals surface area contributed by atoms with E-state index in [1.54, 1.807) is 0 Å². The van der Waals surface area contributed by atoms with Crippen LogP contribution in [0.3, 0.4) is 0 Å². The van der Waals surface area contributed by atoms with Gasteiger partial charge in [-0.05, 0) is 34.2 Å². The highest BCUT2D eigenvalue weighted by atomic mass is 127. The predicted molar refractivity (Wildman–Crippen MR) is 59.7 cm³/mol. The maximum absolute atomic E-state index is 11.4. The van der Waals surface area contributed by atoms with Crippen LogP contribution in [0.1, 0.15) is 17.9 Å². The van der Waals surface area contributed by atoms with Gasteiger partial charge in [-0.25, -0.2) is 0 Å². The summed E-state index contributed by atoms with van der Waals surface area (Å²) in [7, 11) is 0. The second-order valence-electron chi connectivity index (χ2n) is 3.19. The van der Waals surface area contributed by atoms with E-state index in [1.165, 1.54) is 0 Å². The Hall–Kier alpha value is -0.910. The minimum absolute atomic E-state index is 0.181. The third kappa shape index (κ3) is 1.66. The Morgan fingerprint density at radius 2 is 2.00 bits per heavy atom.